The van der Waals surface area contributed by atoms with Crippen LogP contribution in [0.1, 0.15) is 42.3 Å². The third-order valence-corrected chi connectivity index (χ3v) is 8.77. The minimum absolute atomic E-state index is 0.00152. The number of amides is 1. The van der Waals surface area contributed by atoms with Crippen LogP contribution < -0.4 is 21.5 Å². The number of aryl methyl sites for hydroxylation is 2. The second-order valence-corrected chi connectivity index (χ2v) is 12.1. The van der Waals surface area contributed by atoms with E-state index >= 15 is 4.39 Å². The van der Waals surface area contributed by atoms with Gasteiger partial charge in [-0.1, -0.05) is 19.9 Å². The minimum Gasteiger partial charge on any atom is -0.480 e. The van der Waals surface area contributed by atoms with Crippen molar-refractivity contribution in [2.45, 2.75) is 52.1 Å². The quantitative estimate of drug-likeness (QED) is 0.220. The van der Waals surface area contributed by atoms with Gasteiger partial charge in [-0.25, -0.2) is 31.7 Å². The first-order valence-electron chi connectivity index (χ1n) is 16.4. The van der Waals surface area contributed by atoms with Crippen LogP contribution in [0.25, 0.3) is 27.5 Å². The number of ether oxygens (including phenoxy) is 1. The van der Waals surface area contributed by atoms with Crippen LogP contribution in [0, 0.1) is 18.6 Å². The van der Waals surface area contributed by atoms with Gasteiger partial charge < -0.3 is 20.1 Å². The highest BCUT2D eigenvalue weighted by molar-refractivity contribution is 5.99. The van der Waals surface area contributed by atoms with Gasteiger partial charge in [0.25, 0.3) is 17.4 Å². The van der Waals surface area contributed by atoms with Crippen molar-refractivity contribution in [1.82, 2.24) is 24.4 Å². The first kappa shape index (κ1) is 37.6. The molecule has 4 heterocycles. The Balaban J connectivity index is 0.00000257. The number of hydrogen-bond acceptors (Lipinski definition) is 8. The Hall–Kier alpha value is -5.64. The number of carboxylic acids is 1. The SMILES string of the molecule is CC.Cc1cc(N2CCOC[C@@H]2C(C)(F)F)cc(F)c1C(=O)N[C@@H](Cc1ccc(-n2c(=O)c3cnccc3n(C)c2=O)c2ncc(F)cc12)C(=O)O. The number of hydrogen-bond donors (Lipinski definition) is 2. The van der Waals surface area contributed by atoms with Gasteiger partial charge >= 0.3 is 11.7 Å². The fourth-order valence-corrected chi connectivity index (χ4v) is 6.27. The van der Waals surface area contributed by atoms with Gasteiger partial charge in [-0.3, -0.25) is 24.1 Å². The van der Waals surface area contributed by atoms with Crippen LogP contribution in [0.4, 0.5) is 23.2 Å². The predicted molar refractivity (Wildman–Crippen MR) is 185 cm³/mol. The first-order chi connectivity index (χ1) is 24.7. The number of carboxylic acid groups (broad SMARTS) is 1. The molecule has 5 aromatic rings. The van der Waals surface area contributed by atoms with Gasteiger partial charge in [0.15, 0.2) is 0 Å². The summed E-state index contributed by atoms with van der Waals surface area (Å²) in [6.45, 7) is 6.04. The van der Waals surface area contributed by atoms with Crippen LogP contribution in [0.15, 0.2) is 64.6 Å². The van der Waals surface area contributed by atoms with Crippen LogP contribution in [0.3, 0.4) is 0 Å². The second kappa shape index (κ2) is 14.9. The van der Waals surface area contributed by atoms with E-state index in [1.165, 1.54) is 60.1 Å². The predicted octanol–water partition coefficient (Wildman–Crippen LogP) is 4.53. The molecule has 3 aromatic heterocycles. The molecule has 1 aliphatic heterocycles. The van der Waals surface area contributed by atoms with Gasteiger partial charge in [0.05, 0.1) is 47.1 Å². The minimum atomic E-state index is -3.17. The number of anilines is 1. The number of alkyl halides is 2. The Morgan fingerprint density at radius 3 is 2.50 bits per heavy atom. The van der Waals surface area contributed by atoms with E-state index in [0.717, 1.165) is 29.8 Å². The lowest BCUT2D eigenvalue weighted by Crippen LogP contribution is -2.54. The summed E-state index contributed by atoms with van der Waals surface area (Å²) in [4.78, 5) is 62.0. The normalized spacial score (nSPS) is 15.2. The standard InChI is InChI=1S/C34H30F4N6O6.C2H6/c1-17-10-20(43-8-9-50-16-27(43)34(2,37)38)13-23(36)28(17)30(45)41-24(32(47)48)11-18-4-5-26(29-21(18)12-19(35)14-40-29)44-31(46)22-15-39-7-6-25(22)42(3)33(44)49;1-2/h4-7,10,12-15,24,27H,8-9,11,16H2,1-3H3,(H,41,45)(H,47,48);1-2H3/t24-,27+;/m0./s1. The molecule has 2 N–H and O–H groups in total. The van der Waals surface area contributed by atoms with Crippen molar-refractivity contribution in [3.8, 4) is 5.69 Å². The summed E-state index contributed by atoms with van der Waals surface area (Å²) in [5, 5.41) is 12.6. The van der Waals surface area contributed by atoms with Gasteiger partial charge in [-0.15, -0.1) is 0 Å². The van der Waals surface area contributed by atoms with Gasteiger partial charge in [0, 0.05) is 50.4 Å². The third-order valence-electron chi connectivity index (χ3n) is 8.77. The number of halogens is 4. The van der Waals surface area contributed by atoms with Gasteiger partial charge in [-0.05, 0) is 48.4 Å². The molecule has 1 saturated heterocycles. The molecule has 0 bridgehead atoms. The molecule has 2 atom stereocenters. The number of fused-ring (bicyclic) bond motifs is 2. The van der Waals surface area contributed by atoms with Crippen LogP contribution in [-0.4, -0.2) is 73.8 Å². The zero-order valence-electron chi connectivity index (χ0n) is 28.9. The highest BCUT2D eigenvalue weighted by Gasteiger charge is 2.41. The molecule has 0 unspecified atom stereocenters. The number of carbonyl (C=O) groups excluding carboxylic acids is 1. The molecular formula is C36H36F4N6O6. The van der Waals surface area contributed by atoms with Crippen LogP contribution >= 0.6 is 0 Å². The van der Waals surface area contributed by atoms with E-state index in [-0.39, 0.29) is 58.5 Å². The number of aliphatic carboxylic acids is 1. The van der Waals surface area contributed by atoms with E-state index in [4.69, 9.17) is 4.74 Å². The van der Waals surface area contributed by atoms with E-state index in [2.05, 4.69) is 15.3 Å². The molecule has 2 aromatic carbocycles. The molecule has 274 valence electrons. The molecule has 0 radical (unpaired) electrons. The van der Waals surface area contributed by atoms with E-state index in [1.54, 1.807) is 0 Å². The van der Waals surface area contributed by atoms with Crippen molar-refractivity contribution >= 4 is 39.4 Å². The lowest BCUT2D eigenvalue weighted by atomic mass is 9.98. The smallest absolute Gasteiger partial charge is 0.335 e. The molecule has 0 spiro atoms. The lowest BCUT2D eigenvalue weighted by Gasteiger charge is -2.40. The Bertz CT molecular complexity index is 2280. The number of morpholine rings is 1. The second-order valence-electron chi connectivity index (χ2n) is 12.1. The highest BCUT2D eigenvalue weighted by Crippen LogP contribution is 2.32. The van der Waals surface area contributed by atoms with Crippen molar-refractivity contribution in [3.05, 3.63) is 104 Å². The van der Waals surface area contributed by atoms with Crippen LogP contribution in [-0.2, 0) is 23.0 Å². The van der Waals surface area contributed by atoms with E-state index in [0.29, 0.717) is 5.52 Å². The maximum atomic E-state index is 15.5. The number of nitrogens with one attached hydrogen (secondary N) is 1. The first-order valence-corrected chi connectivity index (χ1v) is 16.4. The van der Waals surface area contributed by atoms with Crippen molar-refractivity contribution < 1.29 is 37.0 Å². The molecule has 52 heavy (non-hydrogen) atoms. The molecular weight excluding hydrogens is 688 g/mol. The van der Waals surface area contributed by atoms with Gasteiger partial charge in [0.1, 0.15) is 23.7 Å². The summed E-state index contributed by atoms with van der Waals surface area (Å²) in [5.41, 5.74) is -1.22. The highest BCUT2D eigenvalue weighted by atomic mass is 19.3. The number of pyridine rings is 2. The molecule has 16 heteroatoms. The zero-order valence-corrected chi connectivity index (χ0v) is 28.9. The third kappa shape index (κ3) is 7.10. The zero-order chi connectivity index (χ0) is 38.1. The molecule has 1 amide bonds. The summed E-state index contributed by atoms with van der Waals surface area (Å²) < 4.78 is 66.0. The van der Waals surface area contributed by atoms with E-state index in [1.807, 2.05) is 13.8 Å². The molecule has 6 rings (SSSR count). The average Bonchev–Trinajstić information content (AvgIpc) is 3.11. The molecule has 12 nitrogen and oxygen atoms in total. The number of rotatable bonds is 8. The largest absolute Gasteiger partial charge is 0.480 e. The summed E-state index contributed by atoms with van der Waals surface area (Å²) in [5.74, 6) is -7.60. The maximum Gasteiger partial charge on any atom is 0.335 e. The number of carbonyl (C=O) groups is 2. The Labute approximate surface area is 294 Å². The Kier molecular flexibility index (Phi) is 10.8. The van der Waals surface area contributed by atoms with Gasteiger partial charge in [-0.2, -0.15) is 0 Å². The Morgan fingerprint density at radius 2 is 1.83 bits per heavy atom. The number of aromatic nitrogens is 4. The summed E-state index contributed by atoms with van der Waals surface area (Å²) in [7, 11) is 1.46. The molecule has 0 aliphatic carbocycles. The monoisotopic (exact) mass is 724 g/mol. The number of benzene rings is 2. The molecule has 1 aliphatic rings. The van der Waals surface area contributed by atoms with E-state index in [9.17, 15) is 37.5 Å². The fraction of sp³-hybridized carbons (Fsp3) is 0.333. The van der Waals surface area contributed by atoms with Crippen molar-refractivity contribution in [2.75, 3.05) is 24.7 Å². The lowest BCUT2D eigenvalue weighted by molar-refractivity contribution is -0.139. The van der Waals surface area contributed by atoms with Crippen LogP contribution in [0.5, 0.6) is 0 Å². The van der Waals surface area contributed by atoms with E-state index < -0.39 is 64.8 Å². The molecule has 1 fully saturated rings. The van der Waals surface area contributed by atoms with Crippen molar-refractivity contribution in [1.29, 1.82) is 0 Å². The average molecular weight is 725 g/mol. The number of nitrogens with zero attached hydrogens (tertiary/aromatic N) is 5. The van der Waals surface area contributed by atoms with Gasteiger partial charge in [0.2, 0.25) is 0 Å². The molecule has 0 saturated carbocycles. The summed E-state index contributed by atoms with van der Waals surface area (Å²) in [6, 6.07) is 4.58. The van der Waals surface area contributed by atoms with Crippen molar-refractivity contribution in [2.24, 2.45) is 7.05 Å². The fourth-order valence-electron chi connectivity index (χ4n) is 6.27. The summed E-state index contributed by atoms with van der Waals surface area (Å²) >= 11 is 0. The maximum absolute atomic E-state index is 15.5. The summed E-state index contributed by atoms with van der Waals surface area (Å²) in [6.07, 6.45) is 3.18. The topological polar surface area (TPSA) is 149 Å². The van der Waals surface area contributed by atoms with Crippen molar-refractivity contribution in [3.63, 3.8) is 0 Å². The van der Waals surface area contributed by atoms with Crippen LogP contribution in [0.2, 0.25) is 0 Å². The Morgan fingerprint density at radius 1 is 1.10 bits per heavy atom.